The maximum atomic E-state index is 13.7. The Morgan fingerprint density at radius 1 is 1.12 bits per heavy atom. The molecule has 2 N–H and O–H groups in total. The molecule has 220 valence electrons. The maximum Gasteiger partial charge on any atom is 0.261 e. The van der Waals surface area contributed by atoms with E-state index in [0.717, 1.165) is 29.8 Å². The third-order valence-corrected chi connectivity index (χ3v) is 9.11. The van der Waals surface area contributed by atoms with Crippen LogP contribution in [0.1, 0.15) is 29.8 Å². The number of nitrogens with one attached hydrogen (secondary N) is 1. The minimum absolute atomic E-state index is 0.103. The summed E-state index contributed by atoms with van der Waals surface area (Å²) in [7, 11) is -2.09. The molecule has 41 heavy (non-hydrogen) atoms. The molecule has 1 heterocycles. The van der Waals surface area contributed by atoms with Crippen LogP contribution in [0.3, 0.4) is 0 Å². The Morgan fingerprint density at radius 2 is 1.83 bits per heavy atom. The van der Waals surface area contributed by atoms with Crippen molar-refractivity contribution in [3.8, 4) is 5.75 Å². The number of hydrogen-bond donors (Lipinski definition) is 2. The molecule has 0 aliphatic carbocycles. The van der Waals surface area contributed by atoms with E-state index in [0.29, 0.717) is 35.4 Å². The molecule has 0 fully saturated rings. The minimum Gasteiger partial charge on any atom is -0.488 e. The Morgan fingerprint density at radius 3 is 2.49 bits per heavy atom. The topological polar surface area (TPSA) is 99.2 Å². The zero-order valence-corrected chi connectivity index (χ0v) is 25.2. The van der Waals surface area contributed by atoms with Gasteiger partial charge in [-0.25, -0.2) is 12.8 Å². The molecule has 1 amide bonds. The second kappa shape index (κ2) is 13.0. The van der Waals surface area contributed by atoms with Crippen LogP contribution in [-0.2, 0) is 16.6 Å². The third kappa shape index (κ3) is 7.50. The van der Waals surface area contributed by atoms with E-state index in [-0.39, 0.29) is 40.7 Å². The van der Waals surface area contributed by atoms with Crippen molar-refractivity contribution in [2.45, 2.75) is 37.4 Å². The summed E-state index contributed by atoms with van der Waals surface area (Å²) in [5, 5.41) is 10.9. The van der Waals surface area contributed by atoms with Gasteiger partial charge in [0, 0.05) is 31.2 Å². The summed E-state index contributed by atoms with van der Waals surface area (Å²) in [6.07, 6.45) is -0.343. The lowest BCUT2D eigenvalue weighted by atomic mass is 9.99. The van der Waals surface area contributed by atoms with E-state index in [2.05, 4.69) is 9.62 Å². The Bertz CT molecular complexity index is 1510. The number of halogens is 3. The van der Waals surface area contributed by atoms with Crippen molar-refractivity contribution in [1.29, 1.82) is 0 Å². The van der Waals surface area contributed by atoms with Gasteiger partial charge in [0.25, 0.3) is 15.9 Å². The van der Waals surface area contributed by atoms with Crippen LogP contribution in [0, 0.1) is 11.7 Å². The Hall–Kier alpha value is -2.89. The molecule has 0 aromatic heterocycles. The Labute approximate surface area is 249 Å². The number of aliphatic hydroxyl groups is 1. The van der Waals surface area contributed by atoms with Gasteiger partial charge in [-0.2, -0.15) is 0 Å². The van der Waals surface area contributed by atoms with Crippen LogP contribution in [0.2, 0.25) is 10.0 Å². The Balaban J connectivity index is 1.62. The van der Waals surface area contributed by atoms with E-state index in [9.17, 15) is 22.7 Å². The second-order valence-corrected chi connectivity index (χ2v) is 12.8. The molecule has 3 aromatic carbocycles. The highest BCUT2D eigenvalue weighted by Crippen LogP contribution is 2.32. The third-order valence-electron chi connectivity index (χ3n) is 6.97. The van der Waals surface area contributed by atoms with Crippen molar-refractivity contribution >= 4 is 44.8 Å². The summed E-state index contributed by atoms with van der Waals surface area (Å²) in [5.74, 6) is -0.750. The molecule has 8 nitrogen and oxygen atoms in total. The fourth-order valence-corrected chi connectivity index (χ4v) is 6.02. The molecule has 0 radical (unpaired) electrons. The van der Waals surface area contributed by atoms with Crippen LogP contribution in [-0.4, -0.2) is 68.1 Å². The molecule has 1 aliphatic rings. The smallest absolute Gasteiger partial charge is 0.261 e. The number of carbonyl (C=O) groups excluding carboxylic acids is 1. The molecule has 0 saturated heterocycles. The number of sulfonamides is 1. The summed E-state index contributed by atoms with van der Waals surface area (Å²) in [5.41, 5.74) is 1.28. The standard InChI is InChI=1S/C29H32Cl2FN3O5S/c1-18-14-35(19(2)17-36)29(37)24-13-22(33-41(38,39)23-8-5-21(32)6-9-23)7-11-27(24)40-28(18)16-34(3)15-20-4-10-25(30)26(31)12-20/h4-13,18-19,28,33,36H,14-17H2,1-3H3/t18-,19-,28+/m0/s1. The fourth-order valence-electron chi connectivity index (χ4n) is 4.65. The van der Waals surface area contributed by atoms with E-state index < -0.39 is 21.9 Å². The zero-order chi connectivity index (χ0) is 29.9. The molecule has 0 unspecified atom stereocenters. The van der Waals surface area contributed by atoms with Crippen LogP contribution >= 0.6 is 23.2 Å². The fraction of sp³-hybridized carbons (Fsp3) is 0.345. The highest BCUT2D eigenvalue weighted by molar-refractivity contribution is 7.92. The number of likely N-dealkylation sites (N-methyl/N-ethyl adjacent to an activating group) is 1. The monoisotopic (exact) mass is 623 g/mol. The van der Waals surface area contributed by atoms with Gasteiger partial charge in [-0.1, -0.05) is 36.2 Å². The average Bonchev–Trinajstić information content (AvgIpc) is 2.92. The molecular weight excluding hydrogens is 592 g/mol. The number of carbonyl (C=O) groups is 1. The molecule has 1 aliphatic heterocycles. The van der Waals surface area contributed by atoms with Gasteiger partial charge in [-0.05, 0) is 74.1 Å². The number of hydrogen-bond acceptors (Lipinski definition) is 6. The highest BCUT2D eigenvalue weighted by Gasteiger charge is 2.33. The van der Waals surface area contributed by atoms with Gasteiger partial charge in [0.2, 0.25) is 0 Å². The van der Waals surface area contributed by atoms with Gasteiger partial charge in [-0.3, -0.25) is 14.4 Å². The summed E-state index contributed by atoms with van der Waals surface area (Å²) in [4.78, 5) is 17.2. The maximum absolute atomic E-state index is 13.7. The molecular formula is C29H32Cl2FN3O5S. The van der Waals surface area contributed by atoms with Crippen molar-refractivity contribution in [3.63, 3.8) is 0 Å². The minimum atomic E-state index is -4.04. The Kier molecular flexibility index (Phi) is 9.81. The van der Waals surface area contributed by atoms with Crippen LogP contribution in [0.25, 0.3) is 0 Å². The molecule has 3 atom stereocenters. The van der Waals surface area contributed by atoms with Crippen molar-refractivity contribution in [2.24, 2.45) is 5.92 Å². The van der Waals surface area contributed by atoms with Crippen molar-refractivity contribution in [1.82, 2.24) is 9.80 Å². The molecule has 4 rings (SSSR count). The van der Waals surface area contributed by atoms with Gasteiger partial charge in [0.1, 0.15) is 17.7 Å². The van der Waals surface area contributed by atoms with Crippen molar-refractivity contribution in [2.75, 3.05) is 31.5 Å². The van der Waals surface area contributed by atoms with Gasteiger partial charge in [0.15, 0.2) is 0 Å². The molecule has 0 spiro atoms. The van der Waals surface area contributed by atoms with Crippen LogP contribution < -0.4 is 9.46 Å². The number of anilines is 1. The second-order valence-electron chi connectivity index (χ2n) is 10.3. The number of benzene rings is 3. The summed E-state index contributed by atoms with van der Waals surface area (Å²) in [6, 6.07) is 13.9. The zero-order valence-electron chi connectivity index (χ0n) is 22.9. The predicted molar refractivity (Wildman–Crippen MR) is 158 cm³/mol. The lowest BCUT2D eigenvalue weighted by Gasteiger charge is -2.38. The molecule has 0 saturated carbocycles. The largest absolute Gasteiger partial charge is 0.488 e. The number of ether oxygens (including phenoxy) is 1. The summed E-state index contributed by atoms with van der Waals surface area (Å²) < 4.78 is 48.0. The first-order valence-electron chi connectivity index (χ1n) is 13.0. The average molecular weight is 625 g/mol. The van der Waals surface area contributed by atoms with Gasteiger partial charge in [-0.15, -0.1) is 0 Å². The number of amides is 1. The predicted octanol–water partition coefficient (Wildman–Crippen LogP) is 5.29. The van der Waals surface area contributed by atoms with Gasteiger partial charge < -0.3 is 14.7 Å². The van der Waals surface area contributed by atoms with Crippen LogP contribution in [0.15, 0.2) is 65.6 Å². The summed E-state index contributed by atoms with van der Waals surface area (Å²) in [6.45, 7) is 4.90. The van der Waals surface area contributed by atoms with Crippen molar-refractivity contribution in [3.05, 3.63) is 87.7 Å². The first-order valence-corrected chi connectivity index (χ1v) is 15.2. The number of rotatable bonds is 9. The highest BCUT2D eigenvalue weighted by atomic mass is 35.5. The molecule has 0 bridgehead atoms. The molecule has 3 aromatic rings. The number of fused-ring (bicyclic) bond motifs is 1. The quantitative estimate of drug-likeness (QED) is 0.336. The molecule has 12 heteroatoms. The van der Waals surface area contributed by atoms with E-state index in [1.807, 2.05) is 26.1 Å². The SMILES string of the molecule is C[C@H]1CN([C@@H](C)CO)C(=O)c2cc(NS(=O)(=O)c3ccc(F)cc3)ccc2O[C@@H]1CN(C)Cc1ccc(Cl)c(Cl)c1. The summed E-state index contributed by atoms with van der Waals surface area (Å²) >= 11 is 12.2. The van der Waals surface area contributed by atoms with E-state index in [4.69, 9.17) is 27.9 Å². The van der Waals surface area contributed by atoms with E-state index in [1.165, 1.54) is 12.1 Å². The lowest BCUT2D eigenvalue weighted by molar-refractivity contribution is 0.0341. The van der Waals surface area contributed by atoms with Gasteiger partial charge in [0.05, 0.1) is 33.2 Å². The van der Waals surface area contributed by atoms with Crippen LogP contribution in [0.4, 0.5) is 10.1 Å². The van der Waals surface area contributed by atoms with Crippen molar-refractivity contribution < 1.29 is 27.4 Å². The lowest BCUT2D eigenvalue weighted by Crippen LogP contribution is -2.49. The number of nitrogens with zero attached hydrogens (tertiary/aromatic N) is 2. The first kappa shape index (κ1) is 31.1. The van der Waals surface area contributed by atoms with E-state index >= 15 is 0 Å². The van der Waals surface area contributed by atoms with Gasteiger partial charge >= 0.3 is 0 Å². The normalized spacial score (nSPS) is 18.3. The van der Waals surface area contributed by atoms with Crippen LogP contribution in [0.5, 0.6) is 5.75 Å². The first-order chi connectivity index (χ1) is 19.4. The number of aliphatic hydroxyl groups excluding tert-OH is 1. The van der Waals surface area contributed by atoms with E-state index in [1.54, 1.807) is 24.0 Å².